The van der Waals surface area contributed by atoms with E-state index in [1.54, 1.807) is 11.8 Å². The topological polar surface area (TPSA) is 55.8 Å². The Balaban J connectivity index is 1.63. The van der Waals surface area contributed by atoms with E-state index in [0.717, 1.165) is 16.9 Å². The van der Waals surface area contributed by atoms with E-state index in [1.807, 2.05) is 25.1 Å². The van der Waals surface area contributed by atoms with Gasteiger partial charge in [0.15, 0.2) is 0 Å². The van der Waals surface area contributed by atoms with Gasteiger partial charge in [0.25, 0.3) is 0 Å². The fourth-order valence-corrected chi connectivity index (χ4v) is 5.02. The zero-order valence-corrected chi connectivity index (χ0v) is 19.2. The zero-order chi connectivity index (χ0) is 21.9. The molecule has 0 aromatic heterocycles. The van der Waals surface area contributed by atoms with Crippen molar-refractivity contribution in [3.05, 3.63) is 65.2 Å². The van der Waals surface area contributed by atoms with Gasteiger partial charge >= 0.3 is 5.97 Å². The Kier molecular flexibility index (Phi) is 9.76. The minimum atomic E-state index is -0.481. The van der Waals surface area contributed by atoms with Crippen LogP contribution in [-0.4, -0.2) is 35.3 Å². The highest BCUT2D eigenvalue weighted by molar-refractivity contribution is 7.99. The van der Waals surface area contributed by atoms with E-state index in [9.17, 15) is 9.90 Å². The first-order valence-electron chi connectivity index (χ1n) is 11.4. The molecular weight excluding hydrogens is 408 g/mol. The first-order chi connectivity index (χ1) is 15.2. The first-order valence-corrected chi connectivity index (χ1v) is 12.5. The molecule has 4 nitrogen and oxygen atoms in total. The third-order valence-electron chi connectivity index (χ3n) is 5.67. The molecule has 168 valence electrons. The molecule has 1 atom stereocenters. The number of hydrogen-bond acceptors (Lipinski definition) is 5. The van der Waals surface area contributed by atoms with E-state index >= 15 is 0 Å². The molecule has 1 aliphatic rings. The maximum absolute atomic E-state index is 11.5. The van der Waals surface area contributed by atoms with Gasteiger partial charge < -0.3 is 14.6 Å². The third-order valence-corrected chi connectivity index (χ3v) is 6.78. The molecule has 5 heteroatoms. The lowest BCUT2D eigenvalue weighted by atomic mass is 9.93. The number of para-hydroxylation sites is 1. The molecule has 2 aromatic rings. The fraction of sp³-hybridized carbons (Fsp3) is 0.500. The minimum Gasteiger partial charge on any atom is -0.488 e. The average molecular weight is 443 g/mol. The number of hydrogen-bond donors (Lipinski definition) is 1. The molecule has 0 heterocycles. The summed E-state index contributed by atoms with van der Waals surface area (Å²) in [4.78, 5) is 11.5. The van der Waals surface area contributed by atoms with Crippen molar-refractivity contribution in [2.24, 2.45) is 0 Å². The van der Waals surface area contributed by atoms with E-state index in [0.29, 0.717) is 43.5 Å². The molecule has 1 aliphatic carbocycles. The molecule has 0 spiro atoms. The molecule has 31 heavy (non-hydrogen) atoms. The molecule has 0 bridgehead atoms. The third kappa shape index (κ3) is 7.58. The Morgan fingerprint density at radius 1 is 1.13 bits per heavy atom. The van der Waals surface area contributed by atoms with Crippen LogP contribution in [0.4, 0.5) is 0 Å². The average Bonchev–Trinajstić information content (AvgIpc) is 3.31. The highest BCUT2D eigenvalue weighted by Crippen LogP contribution is 2.41. The summed E-state index contributed by atoms with van der Waals surface area (Å²) in [6.07, 6.45) is 5.41. The Labute approximate surface area is 190 Å². The second-order valence-corrected chi connectivity index (χ2v) is 9.23. The number of aliphatic hydroxyl groups excluding tert-OH is 1. The van der Waals surface area contributed by atoms with Gasteiger partial charge in [0.1, 0.15) is 12.4 Å². The number of ether oxygens (including phenoxy) is 2. The Hall–Kier alpha value is -1.98. The van der Waals surface area contributed by atoms with Crippen LogP contribution >= 0.6 is 11.8 Å². The van der Waals surface area contributed by atoms with Gasteiger partial charge in [-0.3, -0.25) is 4.79 Å². The van der Waals surface area contributed by atoms with Gasteiger partial charge in [0.2, 0.25) is 0 Å². The highest BCUT2D eigenvalue weighted by atomic mass is 32.2. The number of rotatable bonds is 12. The van der Waals surface area contributed by atoms with Crippen LogP contribution < -0.4 is 4.74 Å². The maximum Gasteiger partial charge on any atom is 0.306 e. The Bertz CT molecular complexity index is 802. The normalized spacial score (nSPS) is 15.0. The predicted octanol–water partition coefficient (Wildman–Crippen LogP) is 5.51. The molecule has 2 aromatic carbocycles. The van der Waals surface area contributed by atoms with E-state index in [4.69, 9.17) is 9.47 Å². The number of aliphatic hydroxyl groups is 1. The summed E-state index contributed by atoms with van der Waals surface area (Å²) in [5.41, 5.74) is 3.50. The lowest BCUT2D eigenvalue weighted by Gasteiger charge is -2.21. The van der Waals surface area contributed by atoms with Crippen molar-refractivity contribution < 1.29 is 19.4 Å². The minimum absolute atomic E-state index is 0.176. The van der Waals surface area contributed by atoms with Crippen LogP contribution in [-0.2, 0) is 22.6 Å². The number of benzene rings is 2. The summed E-state index contributed by atoms with van der Waals surface area (Å²) in [5.74, 6) is 2.57. The maximum atomic E-state index is 11.5. The standard InChI is InChI=1S/C26H34O4S/c1-2-29-25(28)15-16-31-19-23(27)17-22-13-8-14-24(21-11-6-7-12-21)26(22)30-18-20-9-4-3-5-10-20/h3-5,8-10,13-14,21,23,27H,2,6-7,11-12,15-19H2,1H3. The van der Waals surface area contributed by atoms with Gasteiger partial charge in [-0.1, -0.05) is 61.4 Å². The van der Waals surface area contributed by atoms with Crippen LogP contribution in [0.5, 0.6) is 5.75 Å². The fourth-order valence-electron chi connectivity index (χ4n) is 4.15. The van der Waals surface area contributed by atoms with E-state index < -0.39 is 6.10 Å². The summed E-state index contributed by atoms with van der Waals surface area (Å²) in [7, 11) is 0. The molecule has 1 saturated carbocycles. The number of esters is 1. The molecule has 0 aliphatic heterocycles. The van der Waals surface area contributed by atoms with Gasteiger partial charge in [0, 0.05) is 17.9 Å². The van der Waals surface area contributed by atoms with Crippen molar-refractivity contribution in [2.45, 2.75) is 64.1 Å². The van der Waals surface area contributed by atoms with Gasteiger partial charge in [-0.05, 0) is 42.4 Å². The summed E-state index contributed by atoms with van der Waals surface area (Å²) in [6.45, 7) is 2.75. The van der Waals surface area contributed by atoms with Crippen LogP contribution in [0.15, 0.2) is 48.5 Å². The molecule has 0 saturated heterocycles. The molecule has 1 unspecified atom stereocenters. The second kappa shape index (κ2) is 12.8. The SMILES string of the molecule is CCOC(=O)CCSCC(O)Cc1cccc(C2CCCC2)c1OCc1ccccc1. The van der Waals surface area contributed by atoms with E-state index in [-0.39, 0.29) is 5.97 Å². The van der Waals surface area contributed by atoms with Crippen LogP contribution in [0.1, 0.15) is 61.6 Å². The van der Waals surface area contributed by atoms with Crippen LogP contribution in [0.3, 0.4) is 0 Å². The predicted molar refractivity (Wildman–Crippen MR) is 127 cm³/mol. The smallest absolute Gasteiger partial charge is 0.306 e. The molecule has 0 amide bonds. The number of thioether (sulfide) groups is 1. The lowest BCUT2D eigenvalue weighted by Crippen LogP contribution is -2.16. The summed E-state index contributed by atoms with van der Waals surface area (Å²) in [5, 5.41) is 10.6. The van der Waals surface area contributed by atoms with E-state index in [1.165, 1.54) is 31.2 Å². The van der Waals surface area contributed by atoms with Crippen LogP contribution in [0.25, 0.3) is 0 Å². The van der Waals surface area contributed by atoms with Crippen molar-refractivity contribution in [1.29, 1.82) is 0 Å². The van der Waals surface area contributed by atoms with Crippen LogP contribution in [0.2, 0.25) is 0 Å². The van der Waals surface area contributed by atoms with Crippen molar-refractivity contribution in [2.75, 3.05) is 18.1 Å². The second-order valence-electron chi connectivity index (χ2n) is 8.08. The quantitative estimate of drug-likeness (QED) is 0.347. The summed E-state index contributed by atoms with van der Waals surface area (Å²) >= 11 is 1.59. The zero-order valence-electron chi connectivity index (χ0n) is 18.4. The Morgan fingerprint density at radius 3 is 2.65 bits per heavy atom. The molecule has 0 radical (unpaired) electrons. The number of carbonyl (C=O) groups excluding carboxylic acids is 1. The molecule has 1 fully saturated rings. The van der Waals surface area contributed by atoms with Crippen molar-refractivity contribution >= 4 is 17.7 Å². The van der Waals surface area contributed by atoms with Gasteiger partial charge in [0.05, 0.1) is 19.1 Å². The largest absolute Gasteiger partial charge is 0.488 e. The van der Waals surface area contributed by atoms with Crippen molar-refractivity contribution in [1.82, 2.24) is 0 Å². The van der Waals surface area contributed by atoms with Gasteiger partial charge in [-0.15, -0.1) is 0 Å². The number of carbonyl (C=O) groups is 1. The van der Waals surface area contributed by atoms with Crippen molar-refractivity contribution in [3.63, 3.8) is 0 Å². The van der Waals surface area contributed by atoms with E-state index in [2.05, 4.69) is 30.3 Å². The first kappa shape index (κ1) is 23.7. The van der Waals surface area contributed by atoms with Crippen LogP contribution in [0, 0.1) is 0 Å². The monoisotopic (exact) mass is 442 g/mol. The molecule has 3 rings (SSSR count). The lowest BCUT2D eigenvalue weighted by molar-refractivity contribution is -0.142. The molecular formula is C26H34O4S. The Morgan fingerprint density at radius 2 is 1.90 bits per heavy atom. The van der Waals surface area contributed by atoms with Gasteiger partial charge in [-0.25, -0.2) is 0 Å². The molecule has 1 N–H and O–H groups in total. The van der Waals surface area contributed by atoms with Crippen molar-refractivity contribution in [3.8, 4) is 5.75 Å². The summed E-state index contributed by atoms with van der Waals surface area (Å²) in [6, 6.07) is 16.6. The summed E-state index contributed by atoms with van der Waals surface area (Å²) < 4.78 is 11.3. The van der Waals surface area contributed by atoms with Gasteiger partial charge in [-0.2, -0.15) is 11.8 Å². The highest BCUT2D eigenvalue weighted by Gasteiger charge is 2.23.